The Kier molecular flexibility index (Phi) is 2.15. The number of hydrogen-bond donors (Lipinski definition) is 1. The fourth-order valence-electron chi connectivity index (χ4n) is 2.69. The second-order valence-corrected chi connectivity index (χ2v) is 4.82. The zero-order valence-corrected chi connectivity index (χ0v) is 10.8. The van der Waals surface area contributed by atoms with Crippen LogP contribution in [0.25, 0.3) is 32.8 Å². The number of para-hydroxylation sites is 1. The number of Topliss-reactive ketones (excluding diaryl/α,β-unsaturated/α-hetero) is 1. The van der Waals surface area contributed by atoms with Crippen molar-refractivity contribution in [2.75, 3.05) is 0 Å². The third kappa shape index (κ3) is 1.39. The van der Waals surface area contributed by atoms with Crippen molar-refractivity contribution in [3.05, 3.63) is 48.3 Å². The van der Waals surface area contributed by atoms with Gasteiger partial charge in [-0.2, -0.15) is 0 Å². The number of hydrogen-bond acceptors (Lipinski definition) is 3. The second kappa shape index (κ2) is 3.87. The van der Waals surface area contributed by atoms with E-state index in [0.717, 1.165) is 32.8 Å². The molecule has 0 bridgehead atoms. The third-order valence-electron chi connectivity index (χ3n) is 3.57. The molecule has 0 aliphatic heterocycles. The first-order chi connectivity index (χ1) is 9.75. The monoisotopic (exact) mass is 261 g/mol. The zero-order valence-electron chi connectivity index (χ0n) is 10.8. The van der Waals surface area contributed by atoms with Crippen LogP contribution < -0.4 is 0 Å². The molecule has 4 heteroatoms. The van der Waals surface area contributed by atoms with Crippen molar-refractivity contribution in [2.24, 2.45) is 0 Å². The number of carbonyl (C=O) groups is 1. The van der Waals surface area contributed by atoms with Gasteiger partial charge in [-0.25, -0.2) is 4.98 Å². The molecule has 0 radical (unpaired) electrons. The number of aromatic nitrogens is 3. The van der Waals surface area contributed by atoms with E-state index in [2.05, 4.69) is 15.0 Å². The van der Waals surface area contributed by atoms with E-state index < -0.39 is 0 Å². The van der Waals surface area contributed by atoms with Crippen molar-refractivity contribution in [1.82, 2.24) is 15.0 Å². The number of benzene rings is 2. The summed E-state index contributed by atoms with van der Waals surface area (Å²) in [6.07, 6.45) is 3.48. The summed E-state index contributed by atoms with van der Waals surface area (Å²) < 4.78 is 0. The molecule has 0 aliphatic carbocycles. The van der Waals surface area contributed by atoms with Crippen molar-refractivity contribution in [3.8, 4) is 0 Å². The Bertz CT molecular complexity index is 985. The molecular formula is C16H11N3O. The number of nitrogens with zero attached hydrogens (tertiary/aromatic N) is 2. The highest BCUT2D eigenvalue weighted by molar-refractivity contribution is 6.23. The standard InChI is InChI=1S/C16H11N3O/c1-9(20)11-8-13-16(18-7-6-17-13)14-10-4-2-3-5-12(10)19-15(11)14/h2-8,17H,1H3. The molecule has 0 unspecified atom stereocenters. The van der Waals surface area contributed by atoms with Crippen LogP contribution in [-0.4, -0.2) is 20.7 Å². The molecule has 0 spiro atoms. The molecule has 0 aliphatic rings. The fraction of sp³-hybridized carbons (Fsp3) is 0.0625. The maximum absolute atomic E-state index is 11.9. The molecule has 1 N–H and O–H groups in total. The van der Waals surface area contributed by atoms with Gasteiger partial charge in [-0.15, -0.1) is 0 Å². The van der Waals surface area contributed by atoms with Crippen LogP contribution >= 0.6 is 0 Å². The lowest BCUT2D eigenvalue weighted by atomic mass is 10.0. The normalized spacial score (nSPS) is 11.4. The smallest absolute Gasteiger partial charge is 0.162 e. The molecule has 0 amide bonds. The lowest BCUT2D eigenvalue weighted by molar-refractivity contribution is 0.101. The first kappa shape index (κ1) is 11.1. The van der Waals surface area contributed by atoms with Crippen LogP contribution in [0.15, 0.2) is 42.7 Å². The Labute approximate surface area is 114 Å². The van der Waals surface area contributed by atoms with Gasteiger partial charge in [-0.05, 0) is 19.1 Å². The quantitative estimate of drug-likeness (QED) is 0.534. The molecule has 4 rings (SSSR count). The molecule has 2 aromatic heterocycles. The van der Waals surface area contributed by atoms with E-state index >= 15 is 0 Å². The molecule has 0 fully saturated rings. The Hall–Kier alpha value is -2.75. The van der Waals surface area contributed by atoms with Crippen molar-refractivity contribution in [2.45, 2.75) is 6.92 Å². The van der Waals surface area contributed by atoms with E-state index in [1.165, 1.54) is 0 Å². The van der Waals surface area contributed by atoms with Gasteiger partial charge in [0.2, 0.25) is 0 Å². The Morgan fingerprint density at radius 3 is 2.90 bits per heavy atom. The minimum atomic E-state index is 0.0111. The largest absolute Gasteiger partial charge is 0.358 e. The van der Waals surface area contributed by atoms with Crippen molar-refractivity contribution < 1.29 is 4.79 Å². The molecule has 20 heavy (non-hydrogen) atoms. The number of nitrogens with one attached hydrogen (secondary N) is 1. The molecule has 0 saturated carbocycles. The van der Waals surface area contributed by atoms with Gasteiger partial charge in [0.15, 0.2) is 5.78 Å². The average molecular weight is 261 g/mol. The second-order valence-electron chi connectivity index (χ2n) is 4.82. The first-order valence-electron chi connectivity index (χ1n) is 6.41. The predicted molar refractivity (Wildman–Crippen MR) is 78.9 cm³/mol. The number of rotatable bonds is 1. The topological polar surface area (TPSA) is 58.6 Å². The van der Waals surface area contributed by atoms with E-state index in [1.807, 2.05) is 30.3 Å². The number of ketones is 1. The van der Waals surface area contributed by atoms with Crippen LogP contribution in [0, 0.1) is 0 Å². The number of aromatic amines is 1. The van der Waals surface area contributed by atoms with E-state index in [1.54, 1.807) is 19.3 Å². The van der Waals surface area contributed by atoms with Gasteiger partial charge >= 0.3 is 0 Å². The maximum Gasteiger partial charge on any atom is 0.162 e. The summed E-state index contributed by atoms with van der Waals surface area (Å²) in [5.74, 6) is 0.0111. The molecule has 0 saturated heterocycles. The Morgan fingerprint density at radius 2 is 2.05 bits per heavy atom. The summed E-state index contributed by atoms with van der Waals surface area (Å²) in [6, 6.07) is 9.73. The van der Waals surface area contributed by atoms with Crippen LogP contribution in [0.5, 0.6) is 0 Å². The van der Waals surface area contributed by atoms with E-state index in [4.69, 9.17) is 0 Å². The van der Waals surface area contributed by atoms with Gasteiger partial charge in [0.25, 0.3) is 0 Å². The van der Waals surface area contributed by atoms with Crippen LogP contribution in [0.3, 0.4) is 0 Å². The molecule has 0 atom stereocenters. The van der Waals surface area contributed by atoms with Crippen molar-refractivity contribution >= 4 is 38.6 Å². The van der Waals surface area contributed by atoms with Gasteiger partial charge in [0.1, 0.15) is 0 Å². The summed E-state index contributed by atoms with van der Waals surface area (Å²) in [4.78, 5) is 24.1. The summed E-state index contributed by atoms with van der Waals surface area (Å²) in [5.41, 5.74) is 3.96. The highest BCUT2D eigenvalue weighted by Gasteiger charge is 2.16. The molecule has 4 nitrogen and oxygen atoms in total. The first-order valence-corrected chi connectivity index (χ1v) is 6.41. The van der Waals surface area contributed by atoms with Gasteiger partial charge in [0, 0.05) is 28.7 Å². The molecule has 96 valence electrons. The number of H-pyrrole nitrogens is 1. The number of carbonyl (C=O) groups excluding carboxylic acids is 1. The molecule has 4 aromatic rings. The fourth-order valence-corrected chi connectivity index (χ4v) is 2.69. The molecular weight excluding hydrogens is 250 g/mol. The summed E-state index contributed by atoms with van der Waals surface area (Å²) in [7, 11) is 0. The lowest BCUT2D eigenvalue weighted by Gasteiger charge is -2.03. The van der Waals surface area contributed by atoms with E-state index in [-0.39, 0.29) is 5.78 Å². The van der Waals surface area contributed by atoms with Gasteiger partial charge in [0.05, 0.1) is 22.1 Å². The average Bonchev–Trinajstić information content (AvgIpc) is 2.85. The van der Waals surface area contributed by atoms with E-state index in [9.17, 15) is 4.79 Å². The molecule has 2 aromatic carbocycles. The van der Waals surface area contributed by atoms with Crippen molar-refractivity contribution in [3.63, 3.8) is 0 Å². The highest BCUT2D eigenvalue weighted by atomic mass is 16.1. The van der Waals surface area contributed by atoms with Crippen LogP contribution in [0.1, 0.15) is 17.3 Å². The predicted octanol–water partition coefficient (Wildman–Crippen LogP) is 3.47. The van der Waals surface area contributed by atoms with E-state index in [0.29, 0.717) is 5.56 Å². The minimum absolute atomic E-state index is 0.0111. The van der Waals surface area contributed by atoms with Gasteiger partial charge in [-0.3, -0.25) is 9.78 Å². The lowest BCUT2D eigenvalue weighted by Crippen LogP contribution is -1.95. The molecule has 2 heterocycles. The van der Waals surface area contributed by atoms with Gasteiger partial charge < -0.3 is 4.98 Å². The minimum Gasteiger partial charge on any atom is -0.358 e. The highest BCUT2D eigenvalue weighted by Crippen LogP contribution is 2.32. The Balaban J connectivity index is 2.37. The Morgan fingerprint density at radius 1 is 1.20 bits per heavy atom. The zero-order chi connectivity index (χ0) is 13.7. The summed E-state index contributed by atoms with van der Waals surface area (Å²) in [6.45, 7) is 1.57. The maximum atomic E-state index is 11.9. The van der Waals surface area contributed by atoms with Gasteiger partial charge in [-0.1, -0.05) is 18.2 Å². The SMILES string of the molecule is CC(=O)c1cc2[nH]ccnc2c2c1nc1ccccc12. The van der Waals surface area contributed by atoms with Crippen LogP contribution in [0.2, 0.25) is 0 Å². The number of fused-ring (bicyclic) bond motifs is 5. The summed E-state index contributed by atoms with van der Waals surface area (Å²) >= 11 is 0. The summed E-state index contributed by atoms with van der Waals surface area (Å²) in [5, 5.41) is 1.97. The van der Waals surface area contributed by atoms with Crippen LogP contribution in [0.4, 0.5) is 0 Å². The third-order valence-corrected chi connectivity index (χ3v) is 3.57. The van der Waals surface area contributed by atoms with Crippen molar-refractivity contribution in [1.29, 1.82) is 0 Å². The van der Waals surface area contributed by atoms with Crippen LogP contribution in [-0.2, 0) is 0 Å².